The van der Waals surface area contributed by atoms with Crippen LogP contribution in [-0.4, -0.2) is 5.91 Å². The molecule has 1 amide bonds. The Morgan fingerprint density at radius 2 is 1.45 bits per heavy atom. The molecule has 0 aliphatic carbocycles. The number of rotatable bonds is 2. The van der Waals surface area contributed by atoms with Gasteiger partial charge in [-0.05, 0) is 18.2 Å². The normalized spacial score (nSPS) is 10.4. The molecule has 0 unspecified atom stereocenters. The first-order valence-corrected chi connectivity index (χ1v) is 5.39. The molecule has 0 heterocycles. The minimum Gasteiger partial charge on any atom is -0.399 e. The first kappa shape index (κ1) is 13.9. The molecule has 0 bridgehead atoms. The van der Waals surface area contributed by atoms with Gasteiger partial charge in [0.25, 0.3) is 5.91 Å². The quantitative estimate of drug-likeness (QED) is 0.657. The van der Waals surface area contributed by atoms with Gasteiger partial charge >= 0.3 is 0 Å². The molecule has 0 fully saturated rings. The number of anilines is 2. The predicted octanol–water partition coefficient (Wildman–Crippen LogP) is 3.08. The Bertz CT molecular complexity index is 645. The molecule has 0 saturated heterocycles. The maximum absolute atomic E-state index is 13.4. The number of benzene rings is 2. The number of carbonyl (C=O) groups excluding carboxylic acids is 1. The Morgan fingerprint density at radius 3 is 2.00 bits per heavy atom. The molecule has 7 heteroatoms. The van der Waals surface area contributed by atoms with Crippen molar-refractivity contribution in [3.8, 4) is 0 Å². The number of amides is 1. The van der Waals surface area contributed by atoms with Crippen LogP contribution in [0.15, 0.2) is 30.3 Å². The monoisotopic (exact) mass is 284 g/mol. The van der Waals surface area contributed by atoms with Crippen molar-refractivity contribution in [2.24, 2.45) is 0 Å². The number of nitrogens with two attached hydrogens (primary N) is 1. The molecule has 2 aromatic rings. The summed E-state index contributed by atoms with van der Waals surface area (Å²) in [7, 11) is 0. The van der Waals surface area contributed by atoms with Gasteiger partial charge in [0.05, 0.1) is 0 Å². The van der Waals surface area contributed by atoms with Gasteiger partial charge in [-0.1, -0.05) is 0 Å². The zero-order valence-electron chi connectivity index (χ0n) is 9.88. The molecule has 0 atom stereocenters. The highest BCUT2D eigenvalue weighted by Crippen LogP contribution is 2.19. The summed E-state index contributed by atoms with van der Waals surface area (Å²) in [5, 5.41) is 2.08. The second-order valence-electron chi connectivity index (χ2n) is 3.97. The third kappa shape index (κ3) is 2.87. The van der Waals surface area contributed by atoms with Gasteiger partial charge in [-0.2, -0.15) is 0 Å². The van der Waals surface area contributed by atoms with Crippen molar-refractivity contribution >= 4 is 17.3 Å². The third-order valence-electron chi connectivity index (χ3n) is 2.41. The summed E-state index contributed by atoms with van der Waals surface area (Å²) in [6.45, 7) is 0. The van der Waals surface area contributed by atoms with E-state index < -0.39 is 34.7 Å². The molecule has 0 radical (unpaired) electrons. The average molecular weight is 284 g/mol. The second-order valence-corrected chi connectivity index (χ2v) is 3.97. The van der Waals surface area contributed by atoms with Crippen LogP contribution >= 0.6 is 0 Å². The van der Waals surface area contributed by atoms with Crippen molar-refractivity contribution in [2.75, 3.05) is 11.1 Å². The Labute approximate surface area is 111 Å². The standard InChI is InChI=1S/C13H8F4N2O/c14-6-1-8(18)5-9(2-6)19-13(20)12-10(16)3-7(15)4-11(12)17/h1-5H,18H2,(H,19,20). The minimum absolute atomic E-state index is 0.0281. The lowest BCUT2D eigenvalue weighted by atomic mass is 10.1. The van der Waals surface area contributed by atoms with Crippen LogP contribution in [-0.2, 0) is 0 Å². The molecular weight excluding hydrogens is 276 g/mol. The van der Waals surface area contributed by atoms with E-state index in [0.717, 1.165) is 12.1 Å². The maximum atomic E-state index is 13.4. The van der Waals surface area contributed by atoms with E-state index in [4.69, 9.17) is 5.73 Å². The Kier molecular flexibility index (Phi) is 3.60. The lowest BCUT2D eigenvalue weighted by Crippen LogP contribution is -2.16. The molecule has 0 saturated carbocycles. The van der Waals surface area contributed by atoms with Crippen molar-refractivity contribution in [3.05, 3.63) is 59.2 Å². The average Bonchev–Trinajstić information content (AvgIpc) is 2.25. The van der Waals surface area contributed by atoms with E-state index >= 15 is 0 Å². The van der Waals surface area contributed by atoms with Gasteiger partial charge < -0.3 is 11.1 Å². The highest BCUT2D eigenvalue weighted by atomic mass is 19.1. The van der Waals surface area contributed by atoms with E-state index in [2.05, 4.69) is 5.32 Å². The van der Waals surface area contributed by atoms with Crippen LogP contribution in [0.2, 0.25) is 0 Å². The van der Waals surface area contributed by atoms with Crippen molar-refractivity contribution in [2.45, 2.75) is 0 Å². The molecule has 3 nitrogen and oxygen atoms in total. The summed E-state index contributed by atoms with van der Waals surface area (Å²) in [6.07, 6.45) is 0. The summed E-state index contributed by atoms with van der Waals surface area (Å²) >= 11 is 0. The smallest absolute Gasteiger partial charge is 0.261 e. The van der Waals surface area contributed by atoms with Crippen LogP contribution in [0.5, 0.6) is 0 Å². The fourth-order valence-corrected chi connectivity index (χ4v) is 1.64. The number of hydrogen-bond acceptors (Lipinski definition) is 2. The first-order chi connectivity index (χ1) is 9.36. The van der Waals surface area contributed by atoms with Gasteiger partial charge in [0.15, 0.2) is 0 Å². The predicted molar refractivity (Wildman–Crippen MR) is 65.1 cm³/mol. The van der Waals surface area contributed by atoms with Crippen LogP contribution in [0, 0.1) is 23.3 Å². The molecule has 20 heavy (non-hydrogen) atoms. The molecule has 2 aromatic carbocycles. The maximum Gasteiger partial charge on any atom is 0.261 e. The number of halogens is 4. The Balaban J connectivity index is 2.33. The molecule has 0 aliphatic heterocycles. The Morgan fingerprint density at radius 1 is 0.900 bits per heavy atom. The van der Waals surface area contributed by atoms with E-state index in [1.54, 1.807) is 0 Å². The van der Waals surface area contributed by atoms with Gasteiger partial charge in [0, 0.05) is 23.5 Å². The van der Waals surface area contributed by atoms with Gasteiger partial charge in [-0.15, -0.1) is 0 Å². The summed E-state index contributed by atoms with van der Waals surface area (Å²) in [6, 6.07) is 3.89. The molecule has 0 aliphatic rings. The lowest BCUT2D eigenvalue weighted by Gasteiger charge is -2.08. The van der Waals surface area contributed by atoms with E-state index in [1.807, 2.05) is 0 Å². The highest BCUT2D eigenvalue weighted by Gasteiger charge is 2.19. The molecule has 3 N–H and O–H groups in total. The molecule has 0 spiro atoms. The zero-order chi connectivity index (χ0) is 14.9. The molecule has 0 aromatic heterocycles. The van der Waals surface area contributed by atoms with Gasteiger partial charge in [-0.3, -0.25) is 4.79 Å². The lowest BCUT2D eigenvalue weighted by molar-refractivity contribution is 0.101. The third-order valence-corrected chi connectivity index (χ3v) is 2.41. The second kappa shape index (κ2) is 5.20. The van der Waals surface area contributed by atoms with Crippen LogP contribution in [0.3, 0.4) is 0 Å². The van der Waals surface area contributed by atoms with Crippen LogP contribution in [0.25, 0.3) is 0 Å². The van der Waals surface area contributed by atoms with Crippen molar-refractivity contribution in [3.63, 3.8) is 0 Å². The van der Waals surface area contributed by atoms with Crippen molar-refractivity contribution in [1.29, 1.82) is 0 Å². The van der Waals surface area contributed by atoms with Gasteiger partial charge in [0.1, 0.15) is 28.8 Å². The minimum atomic E-state index is -1.36. The van der Waals surface area contributed by atoms with Crippen LogP contribution in [0.4, 0.5) is 28.9 Å². The van der Waals surface area contributed by atoms with E-state index in [1.165, 1.54) is 6.07 Å². The summed E-state index contributed by atoms with van der Waals surface area (Å²) in [4.78, 5) is 11.7. The van der Waals surface area contributed by atoms with Crippen LogP contribution in [0.1, 0.15) is 10.4 Å². The Hall–Kier alpha value is -2.57. The zero-order valence-corrected chi connectivity index (χ0v) is 9.88. The van der Waals surface area contributed by atoms with Gasteiger partial charge in [-0.25, -0.2) is 17.6 Å². The fraction of sp³-hybridized carbons (Fsp3) is 0. The summed E-state index contributed by atoms with van der Waals surface area (Å²) < 4.78 is 52.6. The van der Waals surface area contributed by atoms with E-state index in [-0.39, 0.29) is 11.4 Å². The molecule has 2 rings (SSSR count). The SMILES string of the molecule is Nc1cc(F)cc(NC(=O)c2c(F)cc(F)cc2F)c1. The van der Waals surface area contributed by atoms with E-state index in [0.29, 0.717) is 12.1 Å². The fourth-order valence-electron chi connectivity index (χ4n) is 1.64. The van der Waals surface area contributed by atoms with Crippen molar-refractivity contribution < 1.29 is 22.4 Å². The number of carbonyl (C=O) groups is 1. The van der Waals surface area contributed by atoms with Crippen LogP contribution < -0.4 is 11.1 Å². The van der Waals surface area contributed by atoms with Gasteiger partial charge in [0.2, 0.25) is 0 Å². The number of nitrogen functional groups attached to an aromatic ring is 1. The topological polar surface area (TPSA) is 55.1 Å². The number of nitrogens with one attached hydrogen (secondary N) is 1. The summed E-state index contributed by atoms with van der Waals surface area (Å²) in [5.41, 5.74) is 4.36. The number of hydrogen-bond donors (Lipinski definition) is 2. The molecule has 104 valence electrons. The first-order valence-electron chi connectivity index (χ1n) is 5.39. The molecular formula is C13H8F4N2O. The van der Waals surface area contributed by atoms with E-state index in [9.17, 15) is 22.4 Å². The van der Waals surface area contributed by atoms with Crippen molar-refractivity contribution in [1.82, 2.24) is 0 Å². The largest absolute Gasteiger partial charge is 0.399 e. The highest BCUT2D eigenvalue weighted by molar-refractivity contribution is 6.04. The summed E-state index contributed by atoms with van der Waals surface area (Å²) in [5.74, 6) is -5.76.